The lowest BCUT2D eigenvalue weighted by Gasteiger charge is -2.11. The van der Waals surface area contributed by atoms with Crippen molar-refractivity contribution in [2.45, 2.75) is 20.8 Å². The van der Waals surface area contributed by atoms with Crippen molar-refractivity contribution in [1.82, 2.24) is 0 Å². The van der Waals surface area contributed by atoms with Crippen LogP contribution in [-0.4, -0.2) is 33.0 Å². The van der Waals surface area contributed by atoms with Crippen LogP contribution in [-0.2, 0) is 9.47 Å². The van der Waals surface area contributed by atoms with Crippen LogP contribution in [0.5, 0.6) is 5.75 Å². The molecule has 0 aliphatic carbocycles. The Kier molecular flexibility index (Phi) is 6.67. The SMILES string of the molecule is CCOCCOCCOc1cccc(C)c1C. The summed E-state index contributed by atoms with van der Waals surface area (Å²) in [6.07, 6.45) is 0. The first-order chi connectivity index (χ1) is 8.25. The van der Waals surface area contributed by atoms with Crippen molar-refractivity contribution in [2.24, 2.45) is 0 Å². The average molecular weight is 238 g/mol. The molecule has 0 spiro atoms. The van der Waals surface area contributed by atoms with Gasteiger partial charge in [-0.3, -0.25) is 0 Å². The van der Waals surface area contributed by atoms with Crippen molar-refractivity contribution >= 4 is 0 Å². The second-order valence-electron chi connectivity index (χ2n) is 3.86. The number of benzene rings is 1. The Morgan fingerprint density at radius 3 is 2.41 bits per heavy atom. The van der Waals surface area contributed by atoms with Crippen molar-refractivity contribution in [3.05, 3.63) is 29.3 Å². The van der Waals surface area contributed by atoms with Crippen LogP contribution in [0.2, 0.25) is 0 Å². The zero-order valence-corrected chi connectivity index (χ0v) is 11.0. The van der Waals surface area contributed by atoms with Crippen molar-refractivity contribution in [2.75, 3.05) is 33.0 Å². The molecule has 0 unspecified atom stereocenters. The maximum Gasteiger partial charge on any atom is 0.122 e. The molecule has 0 bridgehead atoms. The van der Waals surface area contributed by atoms with Crippen molar-refractivity contribution in [3.63, 3.8) is 0 Å². The minimum Gasteiger partial charge on any atom is -0.491 e. The minimum atomic E-state index is 0.580. The molecule has 3 heteroatoms. The zero-order chi connectivity index (χ0) is 12.5. The molecule has 0 atom stereocenters. The molecule has 0 heterocycles. The highest BCUT2D eigenvalue weighted by molar-refractivity contribution is 5.38. The minimum absolute atomic E-state index is 0.580. The van der Waals surface area contributed by atoms with Crippen LogP contribution in [0.15, 0.2) is 18.2 Å². The largest absolute Gasteiger partial charge is 0.491 e. The fraction of sp³-hybridized carbons (Fsp3) is 0.571. The number of rotatable bonds is 8. The van der Waals surface area contributed by atoms with Gasteiger partial charge in [-0.05, 0) is 38.0 Å². The highest BCUT2D eigenvalue weighted by Gasteiger charge is 2.00. The summed E-state index contributed by atoms with van der Waals surface area (Å²) in [5, 5.41) is 0. The third-order valence-electron chi connectivity index (χ3n) is 2.62. The second kappa shape index (κ2) is 8.09. The molecule has 3 nitrogen and oxygen atoms in total. The van der Waals surface area contributed by atoms with Gasteiger partial charge < -0.3 is 14.2 Å². The third kappa shape index (κ3) is 5.20. The van der Waals surface area contributed by atoms with E-state index in [0.717, 1.165) is 12.4 Å². The summed E-state index contributed by atoms with van der Waals surface area (Å²) in [6, 6.07) is 6.08. The quantitative estimate of drug-likeness (QED) is 0.652. The molecule has 17 heavy (non-hydrogen) atoms. The lowest BCUT2D eigenvalue weighted by atomic mass is 10.1. The van der Waals surface area contributed by atoms with Gasteiger partial charge in [-0.1, -0.05) is 12.1 Å². The number of aryl methyl sites for hydroxylation is 1. The maximum atomic E-state index is 5.66. The van der Waals surface area contributed by atoms with Crippen LogP contribution in [0.25, 0.3) is 0 Å². The Labute approximate surface area is 104 Å². The predicted octanol–water partition coefficient (Wildman–Crippen LogP) is 2.74. The summed E-state index contributed by atoms with van der Waals surface area (Å²) in [6.45, 7) is 9.33. The van der Waals surface area contributed by atoms with E-state index in [-0.39, 0.29) is 0 Å². The van der Waals surface area contributed by atoms with Crippen molar-refractivity contribution in [1.29, 1.82) is 0 Å². The number of hydrogen-bond acceptors (Lipinski definition) is 3. The molecule has 1 rings (SSSR count). The van der Waals surface area contributed by atoms with E-state index < -0.39 is 0 Å². The molecular formula is C14H22O3. The highest BCUT2D eigenvalue weighted by atomic mass is 16.5. The normalized spacial score (nSPS) is 10.5. The fourth-order valence-corrected chi connectivity index (χ4v) is 1.46. The van der Waals surface area contributed by atoms with E-state index in [2.05, 4.69) is 19.9 Å². The van der Waals surface area contributed by atoms with Crippen LogP contribution in [0.3, 0.4) is 0 Å². The van der Waals surface area contributed by atoms with Crippen LogP contribution in [0.1, 0.15) is 18.1 Å². The van der Waals surface area contributed by atoms with E-state index in [0.29, 0.717) is 26.4 Å². The summed E-state index contributed by atoms with van der Waals surface area (Å²) < 4.78 is 16.2. The molecule has 0 radical (unpaired) electrons. The van der Waals surface area contributed by atoms with Crippen LogP contribution >= 0.6 is 0 Å². The summed E-state index contributed by atoms with van der Waals surface area (Å²) in [7, 11) is 0. The fourth-order valence-electron chi connectivity index (χ4n) is 1.46. The Hall–Kier alpha value is -1.06. The van der Waals surface area contributed by atoms with Crippen LogP contribution in [0, 0.1) is 13.8 Å². The second-order valence-corrected chi connectivity index (χ2v) is 3.86. The summed E-state index contributed by atoms with van der Waals surface area (Å²) in [4.78, 5) is 0. The molecular weight excluding hydrogens is 216 g/mol. The lowest BCUT2D eigenvalue weighted by Crippen LogP contribution is -2.11. The highest BCUT2D eigenvalue weighted by Crippen LogP contribution is 2.20. The molecule has 1 aromatic rings. The standard InChI is InChI=1S/C14H22O3/c1-4-15-8-9-16-10-11-17-14-7-5-6-12(2)13(14)3/h5-7H,4,8-11H2,1-3H3. The molecule has 0 aliphatic heterocycles. The lowest BCUT2D eigenvalue weighted by molar-refractivity contribution is 0.0404. The topological polar surface area (TPSA) is 27.7 Å². The van der Waals surface area contributed by atoms with Crippen LogP contribution in [0.4, 0.5) is 0 Å². The van der Waals surface area contributed by atoms with Gasteiger partial charge in [0.2, 0.25) is 0 Å². The molecule has 96 valence electrons. The Balaban J connectivity index is 2.16. The van der Waals surface area contributed by atoms with Gasteiger partial charge >= 0.3 is 0 Å². The van der Waals surface area contributed by atoms with Gasteiger partial charge in [0.1, 0.15) is 12.4 Å². The molecule has 0 aliphatic rings. The predicted molar refractivity (Wildman–Crippen MR) is 68.7 cm³/mol. The van der Waals surface area contributed by atoms with E-state index in [9.17, 15) is 0 Å². The molecule has 0 fully saturated rings. The van der Waals surface area contributed by atoms with E-state index in [1.807, 2.05) is 19.1 Å². The monoisotopic (exact) mass is 238 g/mol. The first-order valence-corrected chi connectivity index (χ1v) is 6.10. The molecule has 0 saturated carbocycles. The summed E-state index contributed by atoms with van der Waals surface area (Å²) >= 11 is 0. The van der Waals surface area contributed by atoms with Crippen molar-refractivity contribution < 1.29 is 14.2 Å². The molecule has 0 amide bonds. The average Bonchev–Trinajstić information content (AvgIpc) is 2.33. The van der Waals surface area contributed by atoms with Gasteiger partial charge in [-0.25, -0.2) is 0 Å². The van der Waals surface area contributed by atoms with Gasteiger partial charge in [0.05, 0.1) is 19.8 Å². The van der Waals surface area contributed by atoms with Gasteiger partial charge in [0, 0.05) is 6.61 Å². The zero-order valence-electron chi connectivity index (χ0n) is 11.0. The first kappa shape index (κ1) is 14.0. The Bertz CT molecular complexity index is 323. The summed E-state index contributed by atoms with van der Waals surface area (Å²) in [5.41, 5.74) is 2.45. The van der Waals surface area contributed by atoms with E-state index in [4.69, 9.17) is 14.2 Å². The van der Waals surface area contributed by atoms with Gasteiger partial charge in [-0.15, -0.1) is 0 Å². The van der Waals surface area contributed by atoms with Gasteiger partial charge in [0.25, 0.3) is 0 Å². The van der Waals surface area contributed by atoms with Gasteiger partial charge in [0.15, 0.2) is 0 Å². The summed E-state index contributed by atoms with van der Waals surface area (Å²) in [5.74, 6) is 0.943. The van der Waals surface area contributed by atoms with Crippen molar-refractivity contribution in [3.8, 4) is 5.75 Å². The Morgan fingerprint density at radius 2 is 1.65 bits per heavy atom. The molecule has 0 N–H and O–H groups in total. The molecule has 0 aromatic heterocycles. The van der Waals surface area contributed by atoms with E-state index >= 15 is 0 Å². The molecule has 0 saturated heterocycles. The number of hydrogen-bond donors (Lipinski definition) is 0. The first-order valence-electron chi connectivity index (χ1n) is 6.10. The Morgan fingerprint density at radius 1 is 0.941 bits per heavy atom. The van der Waals surface area contributed by atoms with E-state index in [1.165, 1.54) is 11.1 Å². The number of ether oxygens (including phenoxy) is 3. The maximum absolute atomic E-state index is 5.66. The smallest absolute Gasteiger partial charge is 0.122 e. The van der Waals surface area contributed by atoms with Gasteiger partial charge in [-0.2, -0.15) is 0 Å². The van der Waals surface area contributed by atoms with E-state index in [1.54, 1.807) is 0 Å². The third-order valence-corrected chi connectivity index (χ3v) is 2.62. The molecule has 1 aromatic carbocycles. The van der Waals surface area contributed by atoms with Crippen LogP contribution < -0.4 is 4.74 Å².